The number of carbonyl (C=O) groups excluding carboxylic acids is 1. The molecule has 7 nitrogen and oxygen atoms in total. The Bertz CT molecular complexity index is 1280. The number of sulfonamides is 1. The number of hydrogen-bond donors (Lipinski definition) is 1. The molecule has 168 valence electrons. The lowest BCUT2D eigenvalue weighted by molar-refractivity contribution is -0.127. The van der Waals surface area contributed by atoms with Crippen LogP contribution in [-0.2, 0) is 21.2 Å². The van der Waals surface area contributed by atoms with Gasteiger partial charge in [0.25, 0.3) is 0 Å². The zero-order valence-corrected chi connectivity index (χ0v) is 19.9. The molecule has 4 rings (SSSR count). The number of fused-ring (bicyclic) bond motifs is 1. The number of benzene rings is 2. The SMILES string of the molecule is CC1CN(C(=O)CCc2c[nH]c3ccccc23)C(=Nc2cccc(S(=O)(=O)N(C)C)c2)S1. The van der Waals surface area contributed by atoms with Crippen molar-refractivity contribution in [1.82, 2.24) is 14.2 Å². The highest BCUT2D eigenvalue weighted by atomic mass is 32.2. The van der Waals surface area contributed by atoms with E-state index >= 15 is 0 Å². The van der Waals surface area contributed by atoms with E-state index in [-0.39, 0.29) is 16.1 Å². The van der Waals surface area contributed by atoms with Gasteiger partial charge in [-0.3, -0.25) is 9.69 Å². The Kier molecular flexibility index (Phi) is 6.41. The average Bonchev–Trinajstić information content (AvgIpc) is 3.35. The van der Waals surface area contributed by atoms with Gasteiger partial charge in [-0.15, -0.1) is 0 Å². The predicted molar refractivity (Wildman–Crippen MR) is 130 cm³/mol. The van der Waals surface area contributed by atoms with E-state index in [0.717, 1.165) is 16.5 Å². The van der Waals surface area contributed by atoms with Crippen LogP contribution in [0, 0.1) is 0 Å². The fourth-order valence-electron chi connectivity index (χ4n) is 3.66. The molecule has 1 aromatic heterocycles. The van der Waals surface area contributed by atoms with Crippen LogP contribution >= 0.6 is 11.8 Å². The Morgan fingerprint density at radius 3 is 2.78 bits per heavy atom. The Morgan fingerprint density at radius 2 is 2.00 bits per heavy atom. The van der Waals surface area contributed by atoms with Gasteiger partial charge in [-0.1, -0.05) is 43.0 Å². The maximum Gasteiger partial charge on any atom is 0.242 e. The van der Waals surface area contributed by atoms with Crippen LogP contribution in [0.1, 0.15) is 18.9 Å². The Hall–Kier alpha value is -2.62. The first-order chi connectivity index (χ1) is 15.3. The number of H-pyrrole nitrogens is 1. The summed E-state index contributed by atoms with van der Waals surface area (Å²) < 4.78 is 26.1. The smallest absolute Gasteiger partial charge is 0.242 e. The molecule has 1 aliphatic heterocycles. The number of aliphatic imine (C=N–C) groups is 1. The lowest BCUT2D eigenvalue weighted by Gasteiger charge is -2.16. The van der Waals surface area contributed by atoms with E-state index in [0.29, 0.717) is 30.2 Å². The van der Waals surface area contributed by atoms with Crippen LogP contribution in [0.15, 0.2) is 64.6 Å². The highest BCUT2D eigenvalue weighted by Crippen LogP contribution is 2.30. The van der Waals surface area contributed by atoms with E-state index < -0.39 is 10.0 Å². The zero-order chi connectivity index (χ0) is 22.9. The molecule has 2 aromatic carbocycles. The topological polar surface area (TPSA) is 85.8 Å². The molecule has 1 unspecified atom stereocenters. The number of aryl methyl sites for hydroxylation is 1. The Balaban J connectivity index is 1.53. The van der Waals surface area contributed by atoms with E-state index in [4.69, 9.17) is 0 Å². The fourth-order valence-corrected chi connectivity index (χ4v) is 5.65. The minimum Gasteiger partial charge on any atom is -0.361 e. The van der Waals surface area contributed by atoms with Crippen LogP contribution in [0.5, 0.6) is 0 Å². The lowest BCUT2D eigenvalue weighted by atomic mass is 10.1. The Morgan fingerprint density at radius 1 is 1.22 bits per heavy atom. The third-order valence-electron chi connectivity index (χ3n) is 5.38. The minimum absolute atomic E-state index is 0.0166. The fraction of sp³-hybridized carbons (Fsp3) is 0.304. The van der Waals surface area contributed by atoms with Gasteiger partial charge in [0.1, 0.15) is 0 Å². The monoisotopic (exact) mass is 470 g/mol. The number of carbonyl (C=O) groups is 1. The van der Waals surface area contributed by atoms with Gasteiger partial charge < -0.3 is 4.98 Å². The van der Waals surface area contributed by atoms with Crippen LogP contribution in [0.4, 0.5) is 5.69 Å². The molecule has 3 aromatic rings. The number of nitrogens with one attached hydrogen (secondary N) is 1. The first kappa shape index (κ1) is 22.6. The van der Waals surface area contributed by atoms with E-state index in [9.17, 15) is 13.2 Å². The molecule has 0 spiro atoms. The molecule has 0 radical (unpaired) electrons. The van der Waals surface area contributed by atoms with Gasteiger partial charge >= 0.3 is 0 Å². The second-order valence-corrected chi connectivity index (χ2v) is 11.5. The standard InChI is InChI=1S/C23H26N4O3S2/c1-16-15-27(22(28)12-11-17-14-24-21-10-5-4-9-20(17)21)23(31-16)25-18-7-6-8-19(13-18)32(29,30)26(2)3/h4-10,13-14,16,24H,11-12,15H2,1-3H3. The number of amidine groups is 1. The molecule has 32 heavy (non-hydrogen) atoms. The summed E-state index contributed by atoms with van der Waals surface area (Å²) in [5.74, 6) is 0.0166. The van der Waals surface area contributed by atoms with Gasteiger partial charge in [0, 0.05) is 49.4 Å². The molecule has 0 saturated carbocycles. The van der Waals surface area contributed by atoms with Crippen molar-refractivity contribution >= 4 is 49.5 Å². The van der Waals surface area contributed by atoms with Crippen LogP contribution < -0.4 is 0 Å². The summed E-state index contributed by atoms with van der Waals surface area (Å²) >= 11 is 1.53. The molecule has 9 heteroatoms. The largest absolute Gasteiger partial charge is 0.361 e. The van der Waals surface area contributed by atoms with Crippen LogP contribution in [-0.4, -0.2) is 59.6 Å². The molecule has 0 aliphatic carbocycles. The van der Waals surface area contributed by atoms with Crippen molar-refractivity contribution in [3.8, 4) is 0 Å². The van der Waals surface area contributed by atoms with Gasteiger partial charge in [0.2, 0.25) is 15.9 Å². The van der Waals surface area contributed by atoms with Gasteiger partial charge in [-0.2, -0.15) is 0 Å². The molecule has 1 atom stereocenters. The maximum atomic E-state index is 13.1. The molecule has 1 N–H and O–H groups in total. The van der Waals surface area contributed by atoms with Crippen molar-refractivity contribution in [2.45, 2.75) is 29.9 Å². The number of thioether (sulfide) groups is 1. The third-order valence-corrected chi connectivity index (χ3v) is 8.27. The maximum absolute atomic E-state index is 13.1. The second kappa shape index (κ2) is 9.09. The molecule has 0 bridgehead atoms. The minimum atomic E-state index is -3.55. The number of amides is 1. The molecular formula is C23H26N4O3S2. The van der Waals surface area contributed by atoms with Crippen molar-refractivity contribution in [1.29, 1.82) is 0 Å². The summed E-state index contributed by atoms with van der Waals surface area (Å²) in [6, 6.07) is 14.6. The van der Waals surface area contributed by atoms with Crippen molar-refractivity contribution in [3.05, 3.63) is 60.3 Å². The van der Waals surface area contributed by atoms with Crippen LogP contribution in [0.2, 0.25) is 0 Å². The highest BCUT2D eigenvalue weighted by molar-refractivity contribution is 8.14. The number of hydrogen-bond acceptors (Lipinski definition) is 5. The number of aromatic nitrogens is 1. The van der Waals surface area contributed by atoms with Gasteiger partial charge in [-0.25, -0.2) is 17.7 Å². The van der Waals surface area contributed by atoms with Gasteiger partial charge in [0.05, 0.1) is 10.6 Å². The lowest BCUT2D eigenvalue weighted by Crippen LogP contribution is -2.32. The van der Waals surface area contributed by atoms with E-state index in [1.165, 1.54) is 30.2 Å². The summed E-state index contributed by atoms with van der Waals surface area (Å²) in [5.41, 5.74) is 2.70. The Labute approximate surface area is 192 Å². The summed E-state index contributed by atoms with van der Waals surface area (Å²) in [6.45, 7) is 2.64. The van der Waals surface area contributed by atoms with E-state index in [1.54, 1.807) is 29.2 Å². The molecule has 1 amide bonds. The quantitative estimate of drug-likeness (QED) is 0.590. The molecule has 1 aliphatic rings. The summed E-state index contributed by atoms with van der Waals surface area (Å²) in [7, 11) is -0.559. The predicted octanol–water partition coefficient (Wildman–Crippen LogP) is 4.00. The van der Waals surface area contributed by atoms with Crippen LogP contribution in [0.25, 0.3) is 10.9 Å². The van der Waals surface area contributed by atoms with Crippen LogP contribution in [0.3, 0.4) is 0 Å². The number of rotatable bonds is 6. The molecule has 1 fully saturated rings. The van der Waals surface area contributed by atoms with Crippen molar-refractivity contribution in [2.24, 2.45) is 4.99 Å². The van der Waals surface area contributed by atoms with Gasteiger partial charge in [0.15, 0.2) is 5.17 Å². The van der Waals surface area contributed by atoms with E-state index in [1.807, 2.05) is 24.4 Å². The normalized spacial score (nSPS) is 18.2. The van der Waals surface area contributed by atoms with E-state index in [2.05, 4.69) is 23.0 Å². The first-order valence-corrected chi connectivity index (χ1v) is 12.7. The second-order valence-electron chi connectivity index (χ2n) is 7.97. The number of nitrogens with zero attached hydrogens (tertiary/aromatic N) is 3. The van der Waals surface area contributed by atoms with Gasteiger partial charge in [-0.05, 0) is 36.2 Å². The van der Waals surface area contributed by atoms with Crippen molar-refractivity contribution in [3.63, 3.8) is 0 Å². The highest BCUT2D eigenvalue weighted by Gasteiger charge is 2.30. The molecule has 2 heterocycles. The molecule has 1 saturated heterocycles. The summed E-state index contributed by atoms with van der Waals surface area (Å²) in [6.07, 6.45) is 2.98. The zero-order valence-electron chi connectivity index (χ0n) is 18.3. The number of para-hydroxylation sites is 1. The van der Waals surface area contributed by atoms with Crippen molar-refractivity contribution < 1.29 is 13.2 Å². The summed E-state index contributed by atoms with van der Waals surface area (Å²) in [5, 5.41) is 1.97. The third kappa shape index (κ3) is 4.60. The average molecular weight is 471 g/mol. The summed E-state index contributed by atoms with van der Waals surface area (Å²) in [4.78, 5) is 22.8. The molecular weight excluding hydrogens is 444 g/mol. The first-order valence-electron chi connectivity index (χ1n) is 10.4. The number of aromatic amines is 1. The van der Waals surface area contributed by atoms with Crippen molar-refractivity contribution in [2.75, 3.05) is 20.6 Å².